The van der Waals surface area contributed by atoms with Gasteiger partial charge in [0, 0.05) is 22.6 Å². The van der Waals surface area contributed by atoms with Gasteiger partial charge in [-0.2, -0.15) is 0 Å². The quantitative estimate of drug-likeness (QED) is 0.410. The van der Waals surface area contributed by atoms with Crippen molar-refractivity contribution in [2.45, 2.75) is 83.8 Å². The summed E-state index contributed by atoms with van der Waals surface area (Å²) in [6.45, 7) is 8.37. The Morgan fingerprint density at radius 3 is 2.31 bits per heavy atom. The number of benzene rings is 2. The molecule has 1 saturated carbocycles. The van der Waals surface area contributed by atoms with Crippen LogP contribution in [0.5, 0.6) is 5.75 Å². The van der Waals surface area contributed by atoms with Gasteiger partial charge < -0.3 is 15.0 Å². The highest BCUT2D eigenvalue weighted by molar-refractivity contribution is 6.35. The fraction of sp³-hybridized carbons (Fsp3) is 0.500. The minimum absolute atomic E-state index is 0.0318. The first kappa shape index (κ1) is 27.3. The van der Waals surface area contributed by atoms with E-state index in [0.717, 1.165) is 31.2 Å². The van der Waals surface area contributed by atoms with Crippen LogP contribution in [-0.2, 0) is 21.5 Å². The molecule has 0 aromatic heterocycles. The second kappa shape index (κ2) is 12.1. The molecule has 2 aromatic rings. The van der Waals surface area contributed by atoms with Crippen LogP contribution >= 0.6 is 23.2 Å². The summed E-state index contributed by atoms with van der Waals surface area (Å²) in [5.41, 5.74) is 1.94. The van der Waals surface area contributed by atoms with Crippen molar-refractivity contribution in [1.29, 1.82) is 0 Å². The first-order chi connectivity index (χ1) is 16.6. The van der Waals surface area contributed by atoms with Gasteiger partial charge in [-0.15, -0.1) is 0 Å². The van der Waals surface area contributed by atoms with Crippen LogP contribution in [0.25, 0.3) is 0 Å². The molecule has 3 rings (SSSR count). The Kier molecular flexibility index (Phi) is 9.48. The fourth-order valence-electron chi connectivity index (χ4n) is 4.40. The summed E-state index contributed by atoms with van der Waals surface area (Å²) in [5, 5.41) is 4.12. The first-order valence-corrected chi connectivity index (χ1v) is 13.1. The lowest BCUT2D eigenvalue weighted by Crippen LogP contribution is -2.52. The number of nitrogens with zero attached hydrogens (tertiary/aromatic N) is 1. The van der Waals surface area contributed by atoms with Crippen LogP contribution < -0.4 is 10.1 Å². The van der Waals surface area contributed by atoms with Gasteiger partial charge in [-0.05, 0) is 60.1 Å². The number of rotatable bonds is 9. The highest BCUT2D eigenvalue weighted by atomic mass is 35.5. The van der Waals surface area contributed by atoms with E-state index in [2.05, 4.69) is 26.1 Å². The highest BCUT2D eigenvalue weighted by Gasteiger charge is 2.31. The van der Waals surface area contributed by atoms with Gasteiger partial charge in [0.15, 0.2) is 6.61 Å². The monoisotopic (exact) mass is 518 g/mol. The lowest BCUT2D eigenvalue weighted by atomic mass is 9.87. The number of carbonyl (C=O) groups excluding carboxylic acids is 2. The van der Waals surface area contributed by atoms with Gasteiger partial charge in [0.2, 0.25) is 5.91 Å². The molecule has 2 aromatic carbocycles. The normalized spacial score (nSPS) is 15.0. The molecule has 0 spiro atoms. The van der Waals surface area contributed by atoms with Gasteiger partial charge in [0.25, 0.3) is 5.91 Å². The van der Waals surface area contributed by atoms with Gasteiger partial charge in [-0.3, -0.25) is 9.59 Å². The van der Waals surface area contributed by atoms with Gasteiger partial charge in [0.1, 0.15) is 11.8 Å². The largest absolute Gasteiger partial charge is 0.484 e. The zero-order valence-corrected chi connectivity index (χ0v) is 22.6. The number of hydrogen-bond acceptors (Lipinski definition) is 3. The van der Waals surface area contributed by atoms with Crippen molar-refractivity contribution in [1.82, 2.24) is 10.2 Å². The number of carbonyl (C=O) groups is 2. The summed E-state index contributed by atoms with van der Waals surface area (Å²) in [5.74, 6) is 0.205. The van der Waals surface area contributed by atoms with Crippen LogP contribution in [0.2, 0.25) is 10.0 Å². The molecule has 2 amide bonds. The molecule has 35 heavy (non-hydrogen) atoms. The van der Waals surface area contributed by atoms with E-state index in [0.29, 0.717) is 22.2 Å². The molecule has 0 radical (unpaired) electrons. The van der Waals surface area contributed by atoms with Crippen molar-refractivity contribution in [2.75, 3.05) is 6.61 Å². The number of amides is 2. The van der Waals surface area contributed by atoms with E-state index in [1.54, 1.807) is 23.1 Å². The maximum absolute atomic E-state index is 13.4. The fourth-order valence-corrected chi connectivity index (χ4v) is 4.87. The van der Waals surface area contributed by atoms with Crippen LogP contribution in [0.3, 0.4) is 0 Å². The van der Waals surface area contributed by atoms with E-state index in [4.69, 9.17) is 27.9 Å². The summed E-state index contributed by atoms with van der Waals surface area (Å²) >= 11 is 12.5. The topological polar surface area (TPSA) is 58.6 Å². The Bertz CT molecular complexity index is 1010. The third-order valence-corrected chi connectivity index (χ3v) is 7.11. The molecular weight excluding hydrogens is 483 g/mol. The van der Waals surface area contributed by atoms with Crippen LogP contribution in [0.15, 0.2) is 42.5 Å². The average Bonchev–Trinajstić information content (AvgIpc) is 3.31. The van der Waals surface area contributed by atoms with Crippen LogP contribution in [0.4, 0.5) is 0 Å². The Labute approximate surface area is 219 Å². The Hall–Kier alpha value is -2.24. The van der Waals surface area contributed by atoms with Crippen molar-refractivity contribution in [2.24, 2.45) is 0 Å². The molecule has 0 saturated heterocycles. The van der Waals surface area contributed by atoms with Gasteiger partial charge in [0.05, 0.1) is 0 Å². The van der Waals surface area contributed by atoms with Crippen molar-refractivity contribution < 1.29 is 14.3 Å². The second-order valence-electron chi connectivity index (χ2n) is 10.2. The lowest BCUT2D eigenvalue weighted by molar-refractivity contribution is -0.143. The van der Waals surface area contributed by atoms with E-state index in [1.807, 2.05) is 31.2 Å². The summed E-state index contributed by atoms with van der Waals surface area (Å²) in [7, 11) is 0. The molecule has 190 valence electrons. The predicted octanol–water partition coefficient (Wildman–Crippen LogP) is 6.54. The molecule has 5 nitrogen and oxygen atoms in total. The van der Waals surface area contributed by atoms with E-state index in [-0.39, 0.29) is 36.4 Å². The molecule has 7 heteroatoms. The number of ether oxygens (including phenoxy) is 1. The highest BCUT2D eigenvalue weighted by Crippen LogP contribution is 2.26. The third-order valence-electron chi connectivity index (χ3n) is 6.53. The predicted molar refractivity (Wildman–Crippen MR) is 142 cm³/mol. The van der Waals surface area contributed by atoms with Gasteiger partial charge in [-0.1, -0.05) is 81.9 Å². The zero-order valence-electron chi connectivity index (χ0n) is 21.1. The van der Waals surface area contributed by atoms with Gasteiger partial charge in [-0.25, -0.2) is 0 Å². The smallest absolute Gasteiger partial charge is 0.261 e. The van der Waals surface area contributed by atoms with E-state index in [9.17, 15) is 9.59 Å². The Balaban J connectivity index is 1.77. The van der Waals surface area contributed by atoms with Crippen LogP contribution in [-0.4, -0.2) is 35.4 Å². The molecule has 1 fully saturated rings. The minimum atomic E-state index is -0.623. The molecule has 1 aliphatic rings. The van der Waals surface area contributed by atoms with E-state index < -0.39 is 6.04 Å². The average molecular weight is 520 g/mol. The maximum Gasteiger partial charge on any atom is 0.261 e. The SMILES string of the molecule is CC[C@@H](C(=O)NC1CCCC1)N(Cc1ccc(Cl)cc1Cl)C(=O)COc1ccc(C(C)(C)C)cc1. The number of halogens is 2. The minimum Gasteiger partial charge on any atom is -0.484 e. The molecule has 0 heterocycles. The first-order valence-electron chi connectivity index (χ1n) is 12.4. The maximum atomic E-state index is 13.4. The Morgan fingerprint density at radius 1 is 1.09 bits per heavy atom. The van der Waals surface area contributed by atoms with Gasteiger partial charge >= 0.3 is 0 Å². The summed E-state index contributed by atoms with van der Waals surface area (Å²) in [4.78, 5) is 28.2. The molecule has 1 atom stereocenters. The number of hydrogen-bond donors (Lipinski definition) is 1. The summed E-state index contributed by atoms with van der Waals surface area (Å²) in [6, 6.07) is 12.5. The zero-order chi connectivity index (χ0) is 25.6. The molecule has 0 unspecified atom stereocenters. The van der Waals surface area contributed by atoms with Crippen LogP contribution in [0.1, 0.15) is 70.9 Å². The lowest BCUT2D eigenvalue weighted by Gasteiger charge is -2.31. The third kappa shape index (κ3) is 7.62. The second-order valence-corrected chi connectivity index (χ2v) is 11.1. The van der Waals surface area contributed by atoms with Crippen LogP contribution in [0, 0.1) is 0 Å². The standard InChI is InChI=1S/C28H36Cl2N2O3/c1-5-25(27(34)31-22-8-6-7-9-22)32(17-19-10-13-21(29)16-24(19)30)26(33)18-35-23-14-11-20(12-15-23)28(2,3)4/h10-16,22,25H,5-9,17-18H2,1-4H3,(H,31,34)/t25-/m0/s1. The molecule has 0 bridgehead atoms. The molecule has 1 aliphatic carbocycles. The van der Waals surface area contributed by atoms with Crippen molar-refractivity contribution in [3.8, 4) is 5.75 Å². The summed E-state index contributed by atoms with van der Waals surface area (Å²) in [6.07, 6.45) is 4.68. The molecular formula is C28H36Cl2N2O3. The molecule has 0 aliphatic heterocycles. The number of nitrogens with one attached hydrogen (secondary N) is 1. The van der Waals surface area contributed by atoms with Crippen molar-refractivity contribution in [3.63, 3.8) is 0 Å². The van der Waals surface area contributed by atoms with E-state index >= 15 is 0 Å². The van der Waals surface area contributed by atoms with Crippen molar-refractivity contribution in [3.05, 3.63) is 63.6 Å². The Morgan fingerprint density at radius 2 is 1.74 bits per heavy atom. The summed E-state index contributed by atoms with van der Waals surface area (Å²) < 4.78 is 5.83. The van der Waals surface area contributed by atoms with E-state index in [1.165, 1.54) is 5.56 Å². The molecule has 1 N–H and O–H groups in total. The van der Waals surface area contributed by atoms with Crippen molar-refractivity contribution >= 4 is 35.0 Å².